The molecule has 41 heavy (non-hydrogen) atoms. The summed E-state index contributed by atoms with van der Waals surface area (Å²) in [6.45, 7) is 4.02. The molecule has 6 aromatic rings. The lowest BCUT2D eigenvalue weighted by atomic mass is 10.1. The number of thioether (sulfide) groups is 2. The molecule has 0 atom stereocenters. The Hall–Kier alpha value is -4.20. The number of nitrogens with zero attached hydrogens (tertiary/aromatic N) is 5. The molecule has 0 radical (unpaired) electrons. The molecule has 0 aliphatic rings. The van der Waals surface area contributed by atoms with Crippen molar-refractivity contribution in [2.24, 2.45) is 11.5 Å². The summed E-state index contributed by atoms with van der Waals surface area (Å²) in [6, 6.07) is 7.53. The van der Waals surface area contributed by atoms with Crippen molar-refractivity contribution < 1.29 is 14.7 Å². The average molecular weight is 589 g/mol. The molecule has 11 nitrogen and oxygen atoms in total. The minimum absolute atomic E-state index is 0.0281. The number of rotatable bonds is 6. The van der Waals surface area contributed by atoms with Crippen molar-refractivity contribution in [3.05, 3.63) is 59.2 Å². The number of fused-ring (bicyclic) bond motifs is 6. The maximum Gasteiger partial charge on any atom is 0.251 e. The molecule has 6 rings (SSSR count). The van der Waals surface area contributed by atoms with Crippen LogP contribution < -0.4 is 11.5 Å². The standard InChI is InChI=1S/C15H16N4O2S.C13H12N4OS/c1-8-11(14(16)21)10-4-3-9-7-17-15(22-2)18-12(9)13(10)19(8)5-6-20;1-6-9(12(14)18)8-4-3-7-5-15-13(19-2)17-10(7)11(8)16-6/h3-4,7,20H,5-6H2,1-2H3,(H2,16,21);3-5,16H,1-2H3,(H2,14,18). The Morgan fingerprint density at radius 2 is 1.44 bits per heavy atom. The van der Waals surface area contributed by atoms with E-state index in [4.69, 9.17) is 11.5 Å². The summed E-state index contributed by atoms with van der Waals surface area (Å²) in [5.41, 5.74) is 16.7. The van der Waals surface area contributed by atoms with Crippen LogP contribution in [0.5, 0.6) is 0 Å². The fourth-order valence-electron chi connectivity index (χ4n) is 5.11. The summed E-state index contributed by atoms with van der Waals surface area (Å²) in [4.78, 5) is 44.1. The van der Waals surface area contributed by atoms with Crippen LogP contribution in [0.4, 0.5) is 0 Å². The molecule has 0 saturated carbocycles. The molecule has 0 unspecified atom stereocenters. The van der Waals surface area contributed by atoms with Gasteiger partial charge in [-0.25, -0.2) is 19.9 Å². The van der Waals surface area contributed by atoms with E-state index >= 15 is 0 Å². The second-order valence-corrected chi connectivity index (χ2v) is 10.8. The normalized spacial score (nSPS) is 11.3. The van der Waals surface area contributed by atoms with Crippen molar-refractivity contribution in [3.8, 4) is 0 Å². The van der Waals surface area contributed by atoms with E-state index in [2.05, 4.69) is 24.9 Å². The second-order valence-electron chi connectivity index (χ2n) is 9.23. The lowest BCUT2D eigenvalue weighted by molar-refractivity contribution is 0.0992. The molecule has 4 heterocycles. The molecule has 210 valence electrons. The van der Waals surface area contributed by atoms with Crippen LogP contribution in [0, 0.1) is 13.8 Å². The van der Waals surface area contributed by atoms with Gasteiger partial charge < -0.3 is 26.1 Å². The third-order valence-electron chi connectivity index (χ3n) is 6.88. The van der Waals surface area contributed by atoms with E-state index in [0.717, 1.165) is 55.0 Å². The van der Waals surface area contributed by atoms with Crippen molar-refractivity contribution in [1.82, 2.24) is 29.5 Å². The Labute approximate surface area is 243 Å². The van der Waals surface area contributed by atoms with Crippen LogP contribution in [0.15, 0.2) is 47.0 Å². The molecule has 2 amide bonds. The first-order valence-electron chi connectivity index (χ1n) is 12.5. The molecule has 2 aromatic carbocycles. The van der Waals surface area contributed by atoms with Crippen LogP contribution in [0.25, 0.3) is 43.6 Å². The molecular weight excluding hydrogens is 560 g/mol. The van der Waals surface area contributed by atoms with Crippen molar-refractivity contribution in [2.75, 3.05) is 19.1 Å². The van der Waals surface area contributed by atoms with Gasteiger partial charge in [-0.3, -0.25) is 9.59 Å². The Bertz CT molecular complexity index is 1980. The maximum atomic E-state index is 11.8. The Balaban J connectivity index is 0.000000166. The topological polar surface area (TPSA) is 179 Å². The third-order valence-corrected chi connectivity index (χ3v) is 8.00. The van der Waals surface area contributed by atoms with E-state index in [1.807, 2.05) is 55.2 Å². The zero-order chi connectivity index (χ0) is 29.4. The van der Waals surface area contributed by atoms with Crippen LogP contribution in [-0.2, 0) is 6.54 Å². The first kappa shape index (κ1) is 28.3. The van der Waals surface area contributed by atoms with E-state index in [9.17, 15) is 14.7 Å². The Kier molecular flexibility index (Phi) is 7.84. The molecule has 0 fully saturated rings. The Morgan fingerprint density at radius 3 is 2.00 bits per heavy atom. The highest BCUT2D eigenvalue weighted by Gasteiger charge is 2.20. The largest absolute Gasteiger partial charge is 0.395 e. The molecule has 0 aliphatic heterocycles. The first-order chi connectivity index (χ1) is 19.7. The average Bonchev–Trinajstić information content (AvgIpc) is 3.46. The number of aliphatic hydroxyl groups excluding tert-OH is 1. The number of H-pyrrole nitrogens is 1. The summed E-state index contributed by atoms with van der Waals surface area (Å²) in [7, 11) is 0. The molecule has 6 N–H and O–H groups in total. The number of aromatic nitrogens is 6. The number of aromatic amines is 1. The summed E-state index contributed by atoms with van der Waals surface area (Å²) in [6.07, 6.45) is 7.39. The number of primary amides is 2. The molecule has 0 spiro atoms. The Morgan fingerprint density at radius 1 is 0.878 bits per heavy atom. The molecule has 13 heteroatoms. The van der Waals surface area contributed by atoms with E-state index in [-0.39, 0.29) is 6.61 Å². The quantitative estimate of drug-likeness (QED) is 0.166. The van der Waals surface area contributed by atoms with Gasteiger partial charge in [0.05, 0.1) is 39.8 Å². The number of carbonyl (C=O) groups excluding carboxylic acids is 2. The van der Waals surface area contributed by atoms with Crippen molar-refractivity contribution in [3.63, 3.8) is 0 Å². The van der Waals surface area contributed by atoms with Gasteiger partial charge in [0.1, 0.15) is 0 Å². The van der Waals surface area contributed by atoms with E-state index in [1.54, 1.807) is 12.4 Å². The number of aliphatic hydroxyl groups is 1. The predicted octanol–water partition coefficient (Wildman–Crippen LogP) is 3.95. The van der Waals surface area contributed by atoms with Gasteiger partial charge in [-0.2, -0.15) is 0 Å². The first-order valence-corrected chi connectivity index (χ1v) is 15.0. The highest BCUT2D eigenvalue weighted by atomic mass is 32.2. The van der Waals surface area contributed by atoms with Crippen LogP contribution in [0.2, 0.25) is 0 Å². The van der Waals surface area contributed by atoms with Crippen molar-refractivity contribution in [1.29, 1.82) is 0 Å². The highest BCUT2D eigenvalue weighted by molar-refractivity contribution is 7.98. The van der Waals surface area contributed by atoms with Crippen molar-refractivity contribution in [2.45, 2.75) is 30.7 Å². The van der Waals surface area contributed by atoms with Gasteiger partial charge in [0, 0.05) is 51.9 Å². The predicted molar refractivity (Wildman–Crippen MR) is 164 cm³/mol. The number of hydrogen-bond donors (Lipinski definition) is 4. The lowest BCUT2D eigenvalue weighted by Gasteiger charge is -2.08. The number of aryl methyl sites for hydroxylation is 1. The van der Waals surface area contributed by atoms with E-state index < -0.39 is 11.8 Å². The van der Waals surface area contributed by atoms with E-state index in [1.165, 1.54) is 23.5 Å². The van der Waals surface area contributed by atoms with Crippen LogP contribution in [-0.4, -0.2) is 65.5 Å². The lowest BCUT2D eigenvalue weighted by Crippen LogP contribution is -2.13. The molecule has 4 aromatic heterocycles. The van der Waals surface area contributed by atoms with Crippen LogP contribution >= 0.6 is 23.5 Å². The van der Waals surface area contributed by atoms with E-state index in [0.29, 0.717) is 28.0 Å². The number of carbonyl (C=O) groups is 2. The summed E-state index contributed by atoms with van der Waals surface area (Å²) in [5.74, 6) is -0.903. The van der Waals surface area contributed by atoms with Gasteiger partial charge in [0.25, 0.3) is 11.8 Å². The highest BCUT2D eigenvalue weighted by Crippen LogP contribution is 2.32. The number of nitrogens with two attached hydrogens (primary N) is 2. The van der Waals surface area contributed by atoms with Crippen LogP contribution in [0.3, 0.4) is 0 Å². The number of benzene rings is 2. The smallest absolute Gasteiger partial charge is 0.251 e. The minimum Gasteiger partial charge on any atom is -0.395 e. The molecular formula is C28H28N8O3S2. The monoisotopic (exact) mass is 588 g/mol. The molecule has 0 bridgehead atoms. The molecule has 0 saturated heterocycles. The van der Waals surface area contributed by atoms with Gasteiger partial charge in [-0.05, 0) is 26.4 Å². The number of hydrogen-bond acceptors (Lipinski definition) is 9. The third kappa shape index (κ3) is 4.96. The SMILES string of the molecule is CSc1ncc2ccc3c(C(N)=O)c(C)[nH]c3c2n1.CSc1ncc2ccc3c(C(N)=O)c(C)n(CCO)c3c2n1. The number of amides is 2. The zero-order valence-electron chi connectivity index (χ0n) is 22.8. The van der Waals surface area contributed by atoms with Gasteiger partial charge in [0.15, 0.2) is 10.3 Å². The van der Waals surface area contributed by atoms with Gasteiger partial charge >= 0.3 is 0 Å². The summed E-state index contributed by atoms with van der Waals surface area (Å²) < 4.78 is 1.90. The van der Waals surface area contributed by atoms with Gasteiger partial charge in [0.2, 0.25) is 0 Å². The fraction of sp³-hybridized carbons (Fsp3) is 0.214. The fourth-order valence-corrected chi connectivity index (χ4v) is 5.79. The molecule has 0 aliphatic carbocycles. The van der Waals surface area contributed by atoms with Crippen LogP contribution in [0.1, 0.15) is 32.1 Å². The van der Waals surface area contributed by atoms with Gasteiger partial charge in [-0.15, -0.1) is 0 Å². The van der Waals surface area contributed by atoms with Gasteiger partial charge in [-0.1, -0.05) is 47.8 Å². The van der Waals surface area contributed by atoms with Crippen molar-refractivity contribution >= 4 is 78.9 Å². The number of nitrogens with one attached hydrogen (secondary N) is 1. The summed E-state index contributed by atoms with van der Waals surface area (Å²) >= 11 is 2.94. The second kappa shape index (κ2) is 11.4. The summed E-state index contributed by atoms with van der Waals surface area (Å²) in [5, 5.41) is 14.1. The zero-order valence-corrected chi connectivity index (χ0v) is 24.5. The minimum atomic E-state index is -0.474. The maximum absolute atomic E-state index is 11.8.